The first-order valence-corrected chi connectivity index (χ1v) is 11.0. The summed E-state index contributed by atoms with van der Waals surface area (Å²) in [5.74, 6) is -1.23. The van der Waals surface area contributed by atoms with E-state index in [0.717, 1.165) is 5.57 Å². The van der Waals surface area contributed by atoms with Crippen molar-refractivity contribution in [3.63, 3.8) is 0 Å². The number of carbonyl (C=O) groups excluding carboxylic acids is 2. The topological polar surface area (TPSA) is 105 Å². The van der Waals surface area contributed by atoms with Crippen molar-refractivity contribution in [1.82, 2.24) is 0 Å². The zero-order chi connectivity index (χ0) is 23.3. The SMILES string of the molecule is CC1=NC([C@@H]2C/C=C(/C)C/C=C/[C@H](C)[C@H](O)[C@@H](C)C(=O)C(C)(C)[C@@H](O)CC(=O)O2)CO1. The number of hydrogen-bond acceptors (Lipinski definition) is 7. The molecule has 174 valence electrons. The molecule has 0 saturated carbocycles. The number of aliphatic hydroxyl groups is 2. The second kappa shape index (κ2) is 10.6. The standard InChI is InChI=1S/C24H37NO6/c1-14-8-7-9-15(2)22(28)16(3)23(29)24(5,6)20(26)12-21(27)31-19(11-10-14)18-13-30-17(4)25-18/h7,9-10,15-16,18-20,22,26,28H,8,11-13H2,1-6H3/b9-7+,14-10-/t15-,16+,18?,19-,20-,22-/m0/s1. The third-order valence-corrected chi connectivity index (χ3v) is 6.39. The smallest absolute Gasteiger partial charge is 0.308 e. The van der Waals surface area contributed by atoms with Crippen LogP contribution in [0.1, 0.15) is 60.8 Å². The van der Waals surface area contributed by atoms with Gasteiger partial charge >= 0.3 is 5.97 Å². The first-order valence-electron chi connectivity index (χ1n) is 11.0. The fraction of sp³-hybridized carbons (Fsp3) is 0.708. The highest BCUT2D eigenvalue weighted by atomic mass is 16.6. The van der Waals surface area contributed by atoms with Crippen molar-refractivity contribution in [2.45, 2.75) is 85.2 Å². The molecule has 7 heteroatoms. The number of ketones is 1. The molecule has 2 aliphatic rings. The summed E-state index contributed by atoms with van der Waals surface area (Å²) in [4.78, 5) is 30.1. The summed E-state index contributed by atoms with van der Waals surface area (Å²) < 4.78 is 11.1. The molecule has 0 amide bonds. The summed E-state index contributed by atoms with van der Waals surface area (Å²) in [6.45, 7) is 10.8. The molecular weight excluding hydrogens is 398 g/mol. The Morgan fingerprint density at radius 2 is 1.84 bits per heavy atom. The van der Waals surface area contributed by atoms with Gasteiger partial charge in [-0.2, -0.15) is 0 Å². The fourth-order valence-electron chi connectivity index (χ4n) is 3.96. The van der Waals surface area contributed by atoms with Crippen LogP contribution in [0.5, 0.6) is 0 Å². The molecule has 6 atom stereocenters. The zero-order valence-electron chi connectivity index (χ0n) is 19.5. The number of nitrogens with zero attached hydrogens (tertiary/aromatic N) is 1. The molecule has 2 aliphatic heterocycles. The minimum Gasteiger partial charge on any atom is -0.479 e. The van der Waals surface area contributed by atoms with Gasteiger partial charge in [-0.05, 0) is 13.3 Å². The summed E-state index contributed by atoms with van der Waals surface area (Å²) in [5.41, 5.74) is -0.118. The van der Waals surface area contributed by atoms with Crippen molar-refractivity contribution in [2.24, 2.45) is 22.2 Å². The molecule has 0 aromatic heterocycles. The number of carbonyl (C=O) groups is 2. The van der Waals surface area contributed by atoms with E-state index in [1.807, 2.05) is 32.1 Å². The van der Waals surface area contributed by atoms with E-state index >= 15 is 0 Å². The van der Waals surface area contributed by atoms with Gasteiger partial charge in [0.05, 0.1) is 24.0 Å². The highest BCUT2D eigenvalue weighted by molar-refractivity contribution is 5.88. The van der Waals surface area contributed by atoms with E-state index in [1.165, 1.54) is 0 Å². The summed E-state index contributed by atoms with van der Waals surface area (Å²) in [5, 5.41) is 21.4. The maximum absolute atomic E-state index is 13.1. The average Bonchev–Trinajstić information content (AvgIpc) is 3.14. The van der Waals surface area contributed by atoms with Crippen LogP contribution in [0, 0.1) is 17.3 Å². The number of Topliss-reactive ketones (excluding diaryl/α,β-unsaturated/α-hetero) is 1. The number of hydrogen-bond donors (Lipinski definition) is 2. The van der Waals surface area contributed by atoms with Crippen LogP contribution in [0.3, 0.4) is 0 Å². The molecule has 0 saturated heterocycles. The largest absolute Gasteiger partial charge is 0.479 e. The monoisotopic (exact) mass is 435 g/mol. The molecule has 0 bridgehead atoms. The van der Waals surface area contributed by atoms with Gasteiger partial charge in [0.2, 0.25) is 0 Å². The predicted molar refractivity (Wildman–Crippen MR) is 119 cm³/mol. The predicted octanol–water partition coefficient (Wildman–Crippen LogP) is 2.99. The van der Waals surface area contributed by atoms with Crippen LogP contribution in [0.25, 0.3) is 0 Å². The van der Waals surface area contributed by atoms with Crippen LogP contribution in [-0.4, -0.2) is 58.8 Å². The number of allylic oxidation sites excluding steroid dienone is 2. The van der Waals surface area contributed by atoms with E-state index in [2.05, 4.69) is 4.99 Å². The molecule has 0 fully saturated rings. The van der Waals surface area contributed by atoms with E-state index in [0.29, 0.717) is 25.3 Å². The first kappa shape index (κ1) is 25.3. The van der Waals surface area contributed by atoms with E-state index in [9.17, 15) is 19.8 Å². The van der Waals surface area contributed by atoms with Gasteiger partial charge in [0.1, 0.15) is 24.5 Å². The Hall–Kier alpha value is -1.99. The molecule has 0 spiro atoms. The average molecular weight is 436 g/mol. The van der Waals surface area contributed by atoms with Crippen LogP contribution in [0.15, 0.2) is 28.8 Å². The van der Waals surface area contributed by atoms with Crippen molar-refractivity contribution < 1.29 is 29.3 Å². The molecule has 0 aromatic rings. The highest BCUT2D eigenvalue weighted by Crippen LogP contribution is 2.31. The molecule has 2 rings (SSSR count). The lowest BCUT2D eigenvalue weighted by Crippen LogP contribution is -2.45. The molecule has 7 nitrogen and oxygen atoms in total. The Balaban J connectivity index is 2.32. The minimum atomic E-state index is -1.23. The Morgan fingerprint density at radius 1 is 1.16 bits per heavy atom. The van der Waals surface area contributed by atoms with Crippen LogP contribution in [0.2, 0.25) is 0 Å². The summed E-state index contributed by atoms with van der Waals surface area (Å²) >= 11 is 0. The van der Waals surface area contributed by atoms with Crippen LogP contribution in [-0.2, 0) is 19.1 Å². The normalized spacial score (nSPS) is 38.5. The molecule has 0 aromatic carbocycles. The van der Waals surface area contributed by atoms with Crippen molar-refractivity contribution >= 4 is 17.7 Å². The third-order valence-electron chi connectivity index (χ3n) is 6.39. The van der Waals surface area contributed by atoms with Crippen molar-refractivity contribution in [3.8, 4) is 0 Å². The summed E-state index contributed by atoms with van der Waals surface area (Å²) in [7, 11) is 0. The van der Waals surface area contributed by atoms with Crippen molar-refractivity contribution in [1.29, 1.82) is 0 Å². The van der Waals surface area contributed by atoms with Gasteiger partial charge in [0.25, 0.3) is 0 Å². The Bertz CT molecular complexity index is 753. The highest BCUT2D eigenvalue weighted by Gasteiger charge is 2.42. The Morgan fingerprint density at radius 3 is 2.45 bits per heavy atom. The number of cyclic esters (lactones) is 1. The molecule has 1 unspecified atom stereocenters. The van der Waals surface area contributed by atoms with Gasteiger partial charge in [-0.15, -0.1) is 0 Å². The van der Waals surface area contributed by atoms with Gasteiger partial charge in [0, 0.05) is 25.2 Å². The lowest BCUT2D eigenvalue weighted by atomic mass is 9.73. The van der Waals surface area contributed by atoms with Crippen molar-refractivity contribution in [2.75, 3.05) is 6.61 Å². The molecule has 2 N–H and O–H groups in total. The van der Waals surface area contributed by atoms with E-state index in [1.54, 1.807) is 27.7 Å². The lowest BCUT2D eigenvalue weighted by Gasteiger charge is -2.34. The maximum Gasteiger partial charge on any atom is 0.308 e. The van der Waals surface area contributed by atoms with Gasteiger partial charge in [-0.3, -0.25) is 9.59 Å². The van der Waals surface area contributed by atoms with Crippen LogP contribution >= 0.6 is 0 Å². The number of aliphatic hydroxyl groups excluding tert-OH is 2. The van der Waals surface area contributed by atoms with Gasteiger partial charge < -0.3 is 19.7 Å². The second-order valence-corrected chi connectivity index (χ2v) is 9.42. The second-order valence-electron chi connectivity index (χ2n) is 9.42. The molecular formula is C24H37NO6. The van der Waals surface area contributed by atoms with Gasteiger partial charge in [-0.25, -0.2) is 4.99 Å². The quantitative estimate of drug-likeness (QED) is 0.485. The van der Waals surface area contributed by atoms with Crippen LogP contribution < -0.4 is 0 Å². The number of ether oxygens (including phenoxy) is 2. The van der Waals surface area contributed by atoms with E-state index in [4.69, 9.17) is 9.47 Å². The summed E-state index contributed by atoms with van der Waals surface area (Å²) in [6, 6.07) is -0.301. The number of esters is 1. The third kappa shape index (κ3) is 6.50. The number of rotatable bonds is 1. The number of aliphatic imine (C=N–C) groups is 1. The van der Waals surface area contributed by atoms with E-state index in [-0.39, 0.29) is 24.2 Å². The Labute approximate surface area is 185 Å². The zero-order valence-corrected chi connectivity index (χ0v) is 19.5. The van der Waals surface area contributed by atoms with Gasteiger partial charge in [0.15, 0.2) is 5.90 Å². The van der Waals surface area contributed by atoms with Gasteiger partial charge in [-0.1, -0.05) is 51.5 Å². The Kier molecular flexibility index (Phi) is 8.60. The minimum absolute atomic E-state index is 0.224. The molecule has 2 heterocycles. The fourth-order valence-corrected chi connectivity index (χ4v) is 3.96. The first-order chi connectivity index (χ1) is 14.4. The molecule has 0 aliphatic carbocycles. The maximum atomic E-state index is 13.1. The van der Waals surface area contributed by atoms with Crippen LogP contribution in [0.4, 0.5) is 0 Å². The molecule has 31 heavy (non-hydrogen) atoms. The lowest BCUT2D eigenvalue weighted by molar-refractivity contribution is -0.156. The molecule has 0 radical (unpaired) electrons. The van der Waals surface area contributed by atoms with Crippen molar-refractivity contribution in [3.05, 3.63) is 23.8 Å². The summed E-state index contributed by atoms with van der Waals surface area (Å²) in [6.07, 6.45) is 4.13. The van der Waals surface area contributed by atoms with E-state index < -0.39 is 35.6 Å².